The van der Waals surface area contributed by atoms with Crippen molar-refractivity contribution in [2.45, 2.75) is 20.0 Å². The maximum atomic E-state index is 13.2. The summed E-state index contributed by atoms with van der Waals surface area (Å²) in [6.07, 6.45) is 3.19. The van der Waals surface area contributed by atoms with Crippen LogP contribution >= 0.6 is 0 Å². The van der Waals surface area contributed by atoms with Crippen LogP contribution in [0.4, 0.5) is 28.4 Å². The monoisotopic (exact) mass is 489 g/mol. The Hall–Kier alpha value is -4.05. The van der Waals surface area contributed by atoms with E-state index in [-0.39, 0.29) is 11.7 Å². The van der Waals surface area contributed by atoms with Crippen LogP contribution in [0.15, 0.2) is 47.5 Å². The number of ether oxygens (including phenoxy) is 1. The second kappa shape index (κ2) is 9.90. The number of hydrogen-bond donors (Lipinski definition) is 4. The van der Waals surface area contributed by atoms with Gasteiger partial charge in [-0.3, -0.25) is 9.59 Å². The molecule has 0 radical (unpaired) electrons. The number of carbonyl (C=O) groups is 1. The fourth-order valence-electron chi connectivity index (χ4n) is 4.45. The number of likely N-dealkylation sites (N-methyl/N-ethyl adjacent to an activating group) is 1. The average molecular weight is 490 g/mol. The summed E-state index contributed by atoms with van der Waals surface area (Å²) in [5.41, 5.74) is 4.00. The molecule has 36 heavy (non-hydrogen) atoms. The van der Waals surface area contributed by atoms with Crippen LogP contribution in [0, 0.1) is 6.92 Å². The molecule has 1 saturated heterocycles. The second-order valence-electron chi connectivity index (χ2n) is 9.30. The number of H-pyrrole nitrogens is 1. The van der Waals surface area contributed by atoms with Gasteiger partial charge in [0.05, 0.1) is 24.1 Å². The first-order valence-corrected chi connectivity index (χ1v) is 12.1. The minimum absolute atomic E-state index is 0.00408. The van der Waals surface area contributed by atoms with Crippen molar-refractivity contribution in [3.8, 4) is 5.88 Å². The Morgan fingerprint density at radius 2 is 1.86 bits per heavy atom. The topological polar surface area (TPSA) is 115 Å². The molecule has 1 fully saturated rings. The Bertz CT molecular complexity index is 1310. The van der Waals surface area contributed by atoms with Crippen molar-refractivity contribution >= 4 is 34.3 Å². The summed E-state index contributed by atoms with van der Waals surface area (Å²) >= 11 is 0. The number of benzene rings is 1. The van der Waals surface area contributed by atoms with E-state index >= 15 is 0 Å². The van der Waals surface area contributed by atoms with Gasteiger partial charge in [0.25, 0.3) is 11.5 Å². The lowest BCUT2D eigenvalue weighted by molar-refractivity contribution is 0.102. The van der Waals surface area contributed by atoms with Crippen LogP contribution < -0.4 is 31.1 Å². The molecule has 2 aliphatic rings. The fraction of sp³-hybridized carbons (Fsp3) is 0.346. The van der Waals surface area contributed by atoms with E-state index in [2.05, 4.69) is 42.8 Å². The Labute approximate surface area is 209 Å². The first-order valence-electron chi connectivity index (χ1n) is 12.1. The molecule has 1 atom stereocenters. The molecular formula is C26H31N7O3. The number of fused-ring (bicyclic) bond motifs is 1. The van der Waals surface area contributed by atoms with Crippen molar-refractivity contribution in [2.24, 2.45) is 0 Å². The van der Waals surface area contributed by atoms with Gasteiger partial charge in [-0.25, -0.2) is 4.98 Å². The molecule has 0 aliphatic carbocycles. The van der Waals surface area contributed by atoms with Crippen molar-refractivity contribution in [3.63, 3.8) is 0 Å². The van der Waals surface area contributed by atoms with Crippen molar-refractivity contribution in [3.05, 3.63) is 64.2 Å². The van der Waals surface area contributed by atoms with E-state index in [0.29, 0.717) is 29.5 Å². The summed E-state index contributed by atoms with van der Waals surface area (Å²) < 4.78 is 5.79. The van der Waals surface area contributed by atoms with Crippen LogP contribution in [-0.2, 0) is 0 Å². The zero-order valence-electron chi connectivity index (χ0n) is 20.7. The van der Waals surface area contributed by atoms with E-state index in [1.54, 1.807) is 12.3 Å². The largest absolute Gasteiger partial charge is 0.471 e. The number of aromatic amines is 1. The van der Waals surface area contributed by atoms with E-state index in [4.69, 9.17) is 4.74 Å². The number of nitrogens with one attached hydrogen (secondary N) is 4. The van der Waals surface area contributed by atoms with Gasteiger partial charge in [0.1, 0.15) is 17.4 Å². The third-order valence-corrected chi connectivity index (χ3v) is 6.63. The summed E-state index contributed by atoms with van der Waals surface area (Å²) in [5, 5.41) is 9.41. The van der Waals surface area contributed by atoms with Gasteiger partial charge in [0.2, 0.25) is 5.88 Å². The normalized spacial score (nSPS) is 17.5. The van der Waals surface area contributed by atoms with Crippen LogP contribution in [0.1, 0.15) is 22.8 Å². The first-order chi connectivity index (χ1) is 17.4. The van der Waals surface area contributed by atoms with Gasteiger partial charge in [0, 0.05) is 49.3 Å². The molecule has 0 spiro atoms. The smallest absolute Gasteiger partial charge is 0.263 e. The predicted octanol–water partition coefficient (Wildman–Crippen LogP) is 3.02. The third-order valence-electron chi connectivity index (χ3n) is 6.63. The van der Waals surface area contributed by atoms with Crippen LogP contribution in [0.25, 0.3) is 0 Å². The molecule has 10 heteroatoms. The van der Waals surface area contributed by atoms with Crippen molar-refractivity contribution < 1.29 is 9.53 Å². The van der Waals surface area contributed by atoms with Gasteiger partial charge in [-0.15, -0.1) is 0 Å². The second-order valence-corrected chi connectivity index (χ2v) is 9.30. The summed E-state index contributed by atoms with van der Waals surface area (Å²) in [6, 6.07) is 9.37. The van der Waals surface area contributed by atoms with E-state index in [1.807, 2.05) is 38.1 Å². The van der Waals surface area contributed by atoms with Crippen molar-refractivity contribution in [1.29, 1.82) is 0 Å². The molecule has 0 bridgehead atoms. The highest BCUT2D eigenvalue weighted by Gasteiger charge is 2.22. The van der Waals surface area contributed by atoms with Crippen molar-refractivity contribution in [2.75, 3.05) is 60.6 Å². The Kier molecular flexibility index (Phi) is 6.51. The number of carbonyl (C=O) groups excluding carboxylic acids is 1. The summed E-state index contributed by atoms with van der Waals surface area (Å²) in [7, 11) is 2.12. The Balaban J connectivity index is 1.34. The number of piperazine rings is 1. The summed E-state index contributed by atoms with van der Waals surface area (Å²) in [6.45, 7) is 8.55. The van der Waals surface area contributed by atoms with Gasteiger partial charge < -0.3 is 35.5 Å². The number of anilines is 5. The molecule has 1 unspecified atom stereocenters. The Morgan fingerprint density at radius 1 is 1.11 bits per heavy atom. The molecule has 0 saturated carbocycles. The third kappa shape index (κ3) is 4.85. The van der Waals surface area contributed by atoms with Gasteiger partial charge >= 0.3 is 0 Å². The van der Waals surface area contributed by atoms with E-state index in [0.717, 1.165) is 43.1 Å². The molecule has 5 rings (SSSR count). The lowest BCUT2D eigenvalue weighted by Gasteiger charge is -2.34. The molecule has 4 N–H and O–H groups in total. The highest BCUT2D eigenvalue weighted by molar-refractivity contribution is 6.08. The van der Waals surface area contributed by atoms with Crippen LogP contribution in [0.5, 0.6) is 5.88 Å². The van der Waals surface area contributed by atoms with Crippen LogP contribution in [0.2, 0.25) is 0 Å². The lowest BCUT2D eigenvalue weighted by atomic mass is 10.1. The number of aromatic nitrogens is 2. The number of amides is 1. The minimum atomic E-state index is -0.495. The maximum absolute atomic E-state index is 13.2. The number of pyridine rings is 2. The van der Waals surface area contributed by atoms with E-state index in [9.17, 15) is 9.59 Å². The standard InChI is InChI=1S/C26H31N7O3/c1-16-14-28-23-17(2)21(15-29-26(23)36-16)31-20-8-9-27-24(34)22(20)25(35)30-18-4-6-19(7-5-18)33-12-10-32(3)11-13-33/h4-9,15-16,28H,10-14H2,1-3H3,(H,30,35)(H2,27,31,34). The Morgan fingerprint density at radius 3 is 2.61 bits per heavy atom. The maximum Gasteiger partial charge on any atom is 0.263 e. The van der Waals surface area contributed by atoms with Gasteiger partial charge in [-0.05, 0) is 51.2 Å². The molecule has 1 aromatic carbocycles. The van der Waals surface area contributed by atoms with Crippen LogP contribution in [0.3, 0.4) is 0 Å². The molecule has 2 aromatic heterocycles. The van der Waals surface area contributed by atoms with Gasteiger partial charge in [0.15, 0.2) is 0 Å². The molecule has 188 valence electrons. The number of hydrogen-bond acceptors (Lipinski definition) is 8. The van der Waals surface area contributed by atoms with E-state index in [1.165, 1.54) is 6.20 Å². The lowest BCUT2D eigenvalue weighted by Crippen LogP contribution is -2.44. The predicted molar refractivity (Wildman–Crippen MR) is 142 cm³/mol. The number of rotatable bonds is 5. The molecular weight excluding hydrogens is 458 g/mol. The zero-order chi connectivity index (χ0) is 25.2. The molecule has 4 heterocycles. The first kappa shape index (κ1) is 23.7. The van der Waals surface area contributed by atoms with Crippen LogP contribution in [-0.4, -0.2) is 66.7 Å². The summed E-state index contributed by atoms with van der Waals surface area (Å²) in [5.74, 6) is 0.0475. The highest BCUT2D eigenvalue weighted by atomic mass is 16.5. The SMILES string of the molecule is Cc1c(Nc2cc[nH]c(=O)c2C(=O)Nc2ccc(N3CCN(C)CC3)cc2)cnc2c1NCC(C)O2. The van der Waals surface area contributed by atoms with Gasteiger partial charge in [-0.1, -0.05) is 0 Å². The minimum Gasteiger partial charge on any atom is -0.471 e. The highest BCUT2D eigenvalue weighted by Crippen LogP contribution is 2.35. The van der Waals surface area contributed by atoms with Crippen molar-refractivity contribution in [1.82, 2.24) is 14.9 Å². The van der Waals surface area contributed by atoms with Gasteiger partial charge in [-0.2, -0.15) is 0 Å². The summed E-state index contributed by atoms with van der Waals surface area (Å²) in [4.78, 5) is 37.5. The quantitative estimate of drug-likeness (QED) is 0.433. The molecule has 2 aliphatic heterocycles. The molecule has 10 nitrogen and oxygen atoms in total. The molecule has 3 aromatic rings. The van der Waals surface area contributed by atoms with E-state index < -0.39 is 11.5 Å². The zero-order valence-corrected chi connectivity index (χ0v) is 20.7. The molecule has 1 amide bonds. The fourth-order valence-corrected chi connectivity index (χ4v) is 4.45. The average Bonchev–Trinajstić information content (AvgIpc) is 2.87. The number of nitrogens with zero attached hydrogens (tertiary/aromatic N) is 3.